The normalized spacial score (nSPS) is 11.2. The summed E-state index contributed by atoms with van der Waals surface area (Å²) >= 11 is 0. The maximum Gasteiger partial charge on any atom is 0.240 e. The number of hydrogen-bond donors (Lipinski definition) is 2. The van der Waals surface area contributed by atoms with Crippen molar-refractivity contribution in [3.63, 3.8) is 0 Å². The molecule has 134 valence electrons. The third-order valence-corrected chi connectivity index (χ3v) is 5.12. The van der Waals surface area contributed by atoms with Gasteiger partial charge in [0.15, 0.2) is 0 Å². The van der Waals surface area contributed by atoms with Crippen LogP contribution in [0.15, 0.2) is 53.4 Å². The molecular weight excluding hydrogens is 338 g/mol. The summed E-state index contributed by atoms with van der Waals surface area (Å²) < 4.78 is 26.7. The molecule has 0 heterocycles. The molecule has 0 aliphatic rings. The number of benzene rings is 2. The molecule has 6 nitrogen and oxygen atoms in total. The molecule has 2 N–H and O–H groups in total. The zero-order valence-corrected chi connectivity index (χ0v) is 15.4. The number of nitrogens with one attached hydrogen (secondary N) is 2. The van der Waals surface area contributed by atoms with Gasteiger partial charge >= 0.3 is 0 Å². The first-order valence-corrected chi connectivity index (χ1v) is 9.40. The van der Waals surface area contributed by atoms with Crippen LogP contribution in [0.2, 0.25) is 0 Å². The third kappa shape index (κ3) is 5.58. The standard InChI is InChI=1S/C18H23N3O3S/c1-14-4-10-17(11-5-14)25(23,24)19-13-12-18(22)20-15-6-8-16(9-7-15)21(2)3/h4-11,19H,12-13H2,1-3H3,(H,20,22). The van der Waals surface area contributed by atoms with Gasteiger partial charge in [0.25, 0.3) is 0 Å². The summed E-state index contributed by atoms with van der Waals surface area (Å²) in [6.45, 7) is 1.93. The van der Waals surface area contributed by atoms with Crippen LogP contribution in [0.4, 0.5) is 11.4 Å². The second-order valence-corrected chi connectivity index (χ2v) is 7.72. The number of rotatable bonds is 7. The van der Waals surface area contributed by atoms with Gasteiger partial charge in [0.1, 0.15) is 0 Å². The van der Waals surface area contributed by atoms with Crippen molar-refractivity contribution >= 4 is 27.3 Å². The van der Waals surface area contributed by atoms with Gasteiger partial charge < -0.3 is 10.2 Å². The van der Waals surface area contributed by atoms with Gasteiger partial charge in [0.2, 0.25) is 15.9 Å². The van der Waals surface area contributed by atoms with E-state index < -0.39 is 10.0 Å². The highest BCUT2D eigenvalue weighted by molar-refractivity contribution is 7.89. The van der Waals surface area contributed by atoms with Crippen molar-refractivity contribution in [1.29, 1.82) is 0 Å². The molecule has 2 aromatic rings. The van der Waals surface area contributed by atoms with Gasteiger partial charge in [-0.25, -0.2) is 13.1 Å². The van der Waals surface area contributed by atoms with E-state index in [0.717, 1.165) is 11.3 Å². The molecule has 25 heavy (non-hydrogen) atoms. The molecule has 0 radical (unpaired) electrons. The van der Waals surface area contributed by atoms with Crippen molar-refractivity contribution in [2.24, 2.45) is 0 Å². The summed E-state index contributed by atoms with van der Waals surface area (Å²) in [5.74, 6) is -0.246. The van der Waals surface area contributed by atoms with E-state index in [0.29, 0.717) is 5.69 Å². The minimum Gasteiger partial charge on any atom is -0.378 e. The Hall–Kier alpha value is -2.38. The van der Waals surface area contributed by atoms with E-state index in [4.69, 9.17) is 0 Å². The molecule has 0 fully saturated rings. The van der Waals surface area contributed by atoms with Gasteiger partial charge in [-0.2, -0.15) is 0 Å². The summed E-state index contributed by atoms with van der Waals surface area (Å²) in [5, 5.41) is 2.75. The average Bonchev–Trinajstić information content (AvgIpc) is 2.55. The van der Waals surface area contributed by atoms with Crippen LogP contribution in [-0.2, 0) is 14.8 Å². The summed E-state index contributed by atoms with van der Waals surface area (Å²) in [6, 6.07) is 14.0. The summed E-state index contributed by atoms with van der Waals surface area (Å²) in [5.41, 5.74) is 2.69. The number of hydrogen-bond acceptors (Lipinski definition) is 4. The van der Waals surface area contributed by atoms with Gasteiger partial charge in [-0.1, -0.05) is 17.7 Å². The molecular formula is C18H23N3O3S. The zero-order valence-electron chi connectivity index (χ0n) is 14.6. The van der Waals surface area contributed by atoms with Crippen LogP contribution in [0.5, 0.6) is 0 Å². The topological polar surface area (TPSA) is 78.5 Å². The Morgan fingerprint density at radius 2 is 1.60 bits per heavy atom. The Morgan fingerprint density at radius 3 is 2.16 bits per heavy atom. The lowest BCUT2D eigenvalue weighted by atomic mass is 10.2. The van der Waals surface area contributed by atoms with E-state index in [9.17, 15) is 13.2 Å². The highest BCUT2D eigenvalue weighted by Gasteiger charge is 2.13. The summed E-state index contributed by atoms with van der Waals surface area (Å²) in [7, 11) is 0.280. The van der Waals surface area contributed by atoms with Crippen molar-refractivity contribution in [1.82, 2.24) is 4.72 Å². The minimum absolute atomic E-state index is 0.0395. The third-order valence-electron chi connectivity index (χ3n) is 3.64. The quantitative estimate of drug-likeness (QED) is 0.794. The predicted octanol–water partition coefficient (Wildman–Crippen LogP) is 2.37. The van der Waals surface area contributed by atoms with Crippen LogP contribution >= 0.6 is 0 Å². The van der Waals surface area contributed by atoms with E-state index in [1.54, 1.807) is 24.3 Å². The number of anilines is 2. The first-order valence-electron chi connectivity index (χ1n) is 7.91. The maximum atomic E-state index is 12.1. The van der Waals surface area contributed by atoms with Crippen molar-refractivity contribution < 1.29 is 13.2 Å². The van der Waals surface area contributed by atoms with E-state index in [1.165, 1.54) is 0 Å². The number of carbonyl (C=O) groups is 1. The minimum atomic E-state index is -3.60. The second-order valence-electron chi connectivity index (χ2n) is 5.95. The smallest absolute Gasteiger partial charge is 0.240 e. The van der Waals surface area contributed by atoms with E-state index in [1.807, 2.05) is 50.2 Å². The fourth-order valence-corrected chi connectivity index (χ4v) is 3.20. The van der Waals surface area contributed by atoms with E-state index in [2.05, 4.69) is 10.0 Å². The highest BCUT2D eigenvalue weighted by atomic mass is 32.2. The molecule has 0 aliphatic heterocycles. The second kappa shape index (κ2) is 8.13. The van der Waals surface area contributed by atoms with Crippen molar-refractivity contribution in [3.05, 3.63) is 54.1 Å². The molecule has 1 amide bonds. The van der Waals surface area contributed by atoms with Gasteiger partial charge in [-0.15, -0.1) is 0 Å². The summed E-state index contributed by atoms with van der Waals surface area (Å²) in [4.78, 5) is 14.1. The molecule has 0 unspecified atom stereocenters. The maximum absolute atomic E-state index is 12.1. The Labute approximate surface area is 148 Å². The fraction of sp³-hybridized carbons (Fsp3) is 0.278. The SMILES string of the molecule is Cc1ccc(S(=O)(=O)NCCC(=O)Nc2ccc(N(C)C)cc2)cc1. The van der Waals surface area contributed by atoms with E-state index in [-0.39, 0.29) is 23.8 Å². The van der Waals surface area contributed by atoms with Gasteiger partial charge in [-0.05, 0) is 43.3 Å². The van der Waals surface area contributed by atoms with Crippen molar-refractivity contribution in [2.75, 3.05) is 30.9 Å². The number of carbonyl (C=O) groups excluding carboxylic acids is 1. The van der Waals surface area contributed by atoms with Gasteiger partial charge in [-0.3, -0.25) is 4.79 Å². The van der Waals surface area contributed by atoms with E-state index >= 15 is 0 Å². The molecule has 2 rings (SSSR count). The molecule has 0 saturated carbocycles. The van der Waals surface area contributed by atoms with Gasteiger partial charge in [0, 0.05) is 38.4 Å². The Balaban J connectivity index is 1.84. The predicted molar refractivity (Wildman–Crippen MR) is 100 cm³/mol. The molecule has 0 atom stereocenters. The fourth-order valence-electron chi connectivity index (χ4n) is 2.17. The molecule has 7 heteroatoms. The van der Waals surface area contributed by atoms with Crippen LogP contribution in [-0.4, -0.2) is 35.0 Å². The number of sulfonamides is 1. The molecule has 0 bridgehead atoms. The van der Waals surface area contributed by atoms with Crippen LogP contribution in [0, 0.1) is 6.92 Å². The molecule has 2 aromatic carbocycles. The Kier molecular flexibility index (Phi) is 6.17. The monoisotopic (exact) mass is 361 g/mol. The average molecular weight is 361 g/mol. The molecule has 0 spiro atoms. The Bertz CT molecular complexity index is 814. The number of aryl methyl sites for hydroxylation is 1. The molecule has 0 saturated heterocycles. The van der Waals surface area contributed by atoms with Gasteiger partial charge in [0.05, 0.1) is 4.90 Å². The number of nitrogens with zero attached hydrogens (tertiary/aromatic N) is 1. The zero-order chi connectivity index (χ0) is 18.4. The van der Waals surface area contributed by atoms with Crippen LogP contribution in [0.25, 0.3) is 0 Å². The summed E-state index contributed by atoms with van der Waals surface area (Å²) in [6.07, 6.45) is 0.0561. The number of amides is 1. The lowest BCUT2D eigenvalue weighted by Crippen LogP contribution is -2.27. The highest BCUT2D eigenvalue weighted by Crippen LogP contribution is 2.15. The van der Waals surface area contributed by atoms with Crippen molar-refractivity contribution in [2.45, 2.75) is 18.2 Å². The van der Waals surface area contributed by atoms with Crippen LogP contribution < -0.4 is 14.9 Å². The van der Waals surface area contributed by atoms with Crippen LogP contribution in [0.1, 0.15) is 12.0 Å². The Morgan fingerprint density at radius 1 is 1.00 bits per heavy atom. The largest absolute Gasteiger partial charge is 0.378 e. The lowest BCUT2D eigenvalue weighted by Gasteiger charge is -2.13. The molecule has 0 aliphatic carbocycles. The first-order chi connectivity index (χ1) is 11.8. The lowest BCUT2D eigenvalue weighted by molar-refractivity contribution is -0.116. The van der Waals surface area contributed by atoms with Crippen molar-refractivity contribution in [3.8, 4) is 0 Å². The first kappa shape index (κ1) is 19.0. The van der Waals surface area contributed by atoms with Crippen LogP contribution in [0.3, 0.4) is 0 Å². The molecule has 0 aromatic heterocycles.